The second-order valence-electron chi connectivity index (χ2n) is 6.80. The molecule has 1 atom stereocenters. The number of fused-ring (bicyclic) bond motifs is 1. The van der Waals surface area contributed by atoms with E-state index in [1.165, 1.54) is 5.56 Å². The zero-order valence-corrected chi connectivity index (χ0v) is 14.2. The number of hydrogen-bond acceptors (Lipinski definition) is 5. The van der Waals surface area contributed by atoms with E-state index in [1.807, 2.05) is 17.0 Å². The number of benzene rings is 1. The van der Waals surface area contributed by atoms with Gasteiger partial charge in [0.25, 0.3) is 0 Å². The van der Waals surface area contributed by atoms with Crippen LogP contribution in [-0.2, 0) is 16.1 Å². The van der Waals surface area contributed by atoms with Gasteiger partial charge in [0.05, 0.1) is 0 Å². The summed E-state index contributed by atoms with van der Waals surface area (Å²) in [6.07, 6.45) is 2.02. The molecule has 0 aromatic heterocycles. The number of carbonyl (C=O) groups is 2. The van der Waals surface area contributed by atoms with E-state index in [4.69, 9.17) is 9.47 Å². The van der Waals surface area contributed by atoms with E-state index < -0.39 is 0 Å². The van der Waals surface area contributed by atoms with E-state index in [2.05, 4.69) is 16.3 Å². The number of amides is 2. The van der Waals surface area contributed by atoms with Crippen LogP contribution in [0.3, 0.4) is 0 Å². The fraction of sp³-hybridized carbons (Fsp3) is 0.556. The van der Waals surface area contributed by atoms with Crippen LogP contribution in [0.2, 0.25) is 0 Å². The number of hydrogen-bond donors (Lipinski definition) is 1. The Balaban J connectivity index is 1.33. The number of ether oxygens (including phenoxy) is 2. The summed E-state index contributed by atoms with van der Waals surface area (Å²) in [6, 6.07) is 5.72. The Hall–Kier alpha value is -2.28. The molecule has 3 aliphatic heterocycles. The van der Waals surface area contributed by atoms with Crippen LogP contribution in [0.4, 0.5) is 0 Å². The van der Waals surface area contributed by atoms with Gasteiger partial charge in [-0.1, -0.05) is 6.07 Å². The molecule has 2 saturated heterocycles. The van der Waals surface area contributed by atoms with Gasteiger partial charge in [-0.3, -0.25) is 14.5 Å². The van der Waals surface area contributed by atoms with Gasteiger partial charge < -0.3 is 19.7 Å². The predicted molar refractivity (Wildman–Crippen MR) is 90.2 cm³/mol. The first-order valence-electron chi connectivity index (χ1n) is 8.88. The highest BCUT2D eigenvalue weighted by molar-refractivity contribution is 5.90. The number of nitrogens with zero attached hydrogens (tertiary/aromatic N) is 2. The van der Waals surface area contributed by atoms with Crippen LogP contribution in [0.15, 0.2) is 18.2 Å². The van der Waals surface area contributed by atoms with Crippen molar-refractivity contribution in [1.82, 2.24) is 15.1 Å². The lowest BCUT2D eigenvalue weighted by molar-refractivity contribution is -0.134. The van der Waals surface area contributed by atoms with Crippen LogP contribution in [0, 0.1) is 0 Å². The van der Waals surface area contributed by atoms with Gasteiger partial charge in [-0.25, -0.2) is 0 Å². The van der Waals surface area contributed by atoms with E-state index in [9.17, 15) is 9.59 Å². The summed E-state index contributed by atoms with van der Waals surface area (Å²) in [4.78, 5) is 28.1. The van der Waals surface area contributed by atoms with E-state index >= 15 is 0 Å². The Labute approximate surface area is 146 Å². The molecule has 7 nitrogen and oxygen atoms in total. The normalized spacial score (nSPS) is 23.4. The van der Waals surface area contributed by atoms with Crippen LogP contribution in [0.1, 0.15) is 24.8 Å². The molecule has 134 valence electrons. The third kappa shape index (κ3) is 3.56. The van der Waals surface area contributed by atoms with Crippen LogP contribution in [0.5, 0.6) is 11.5 Å². The molecule has 0 aliphatic carbocycles. The third-order valence-corrected chi connectivity index (χ3v) is 5.04. The molecule has 0 saturated carbocycles. The Morgan fingerprint density at radius 2 is 2.04 bits per heavy atom. The topological polar surface area (TPSA) is 71.1 Å². The molecule has 3 aliphatic rings. The molecule has 2 amide bonds. The van der Waals surface area contributed by atoms with Gasteiger partial charge in [-0.15, -0.1) is 0 Å². The minimum atomic E-state index is -0.326. The molecule has 2 fully saturated rings. The summed E-state index contributed by atoms with van der Waals surface area (Å²) in [5.74, 6) is 1.66. The van der Waals surface area contributed by atoms with Gasteiger partial charge in [-0.2, -0.15) is 0 Å². The third-order valence-electron chi connectivity index (χ3n) is 5.04. The smallest absolute Gasteiger partial charge is 0.245 e. The first kappa shape index (κ1) is 16.2. The average molecular weight is 345 g/mol. The Bertz CT molecular complexity index is 678. The number of carbonyl (C=O) groups excluding carboxylic acids is 2. The van der Waals surface area contributed by atoms with E-state index in [0.29, 0.717) is 19.4 Å². The van der Waals surface area contributed by atoms with Crippen molar-refractivity contribution in [2.75, 3.05) is 33.0 Å². The van der Waals surface area contributed by atoms with Gasteiger partial charge in [-0.05, 0) is 30.5 Å². The van der Waals surface area contributed by atoms with Crippen molar-refractivity contribution >= 4 is 11.8 Å². The fourth-order valence-electron chi connectivity index (χ4n) is 3.67. The molecular formula is C18H23N3O4. The van der Waals surface area contributed by atoms with E-state index in [0.717, 1.165) is 44.1 Å². The molecule has 1 unspecified atom stereocenters. The SMILES string of the molecule is O=C1CCC(C(=O)N2CCCN(Cc3ccc4c(c3)OCO4)CC2)N1. The molecular weight excluding hydrogens is 322 g/mol. The van der Waals surface area contributed by atoms with Crippen molar-refractivity contribution in [2.24, 2.45) is 0 Å². The molecule has 1 aromatic carbocycles. The first-order chi connectivity index (χ1) is 12.2. The minimum absolute atomic E-state index is 0.0161. The van der Waals surface area contributed by atoms with Crippen LogP contribution < -0.4 is 14.8 Å². The van der Waals surface area contributed by atoms with Crippen molar-refractivity contribution in [3.63, 3.8) is 0 Å². The van der Waals surface area contributed by atoms with E-state index in [-0.39, 0.29) is 24.6 Å². The maximum Gasteiger partial charge on any atom is 0.245 e. The standard InChI is InChI=1S/C18H23N3O4/c22-17-5-3-14(19-17)18(23)21-7-1-6-20(8-9-21)11-13-2-4-15-16(10-13)25-12-24-15/h2,4,10,14H,1,3,5-9,11-12H2,(H,19,22). The highest BCUT2D eigenvalue weighted by Crippen LogP contribution is 2.32. The molecule has 1 aromatic rings. The summed E-state index contributed by atoms with van der Waals surface area (Å²) in [5, 5.41) is 2.78. The van der Waals surface area contributed by atoms with Crippen LogP contribution in [-0.4, -0.2) is 60.6 Å². The summed E-state index contributed by atoms with van der Waals surface area (Å²) >= 11 is 0. The minimum Gasteiger partial charge on any atom is -0.454 e. The summed E-state index contributed by atoms with van der Waals surface area (Å²) in [6.45, 7) is 4.37. The highest BCUT2D eigenvalue weighted by Gasteiger charge is 2.31. The Morgan fingerprint density at radius 3 is 2.88 bits per heavy atom. The van der Waals surface area contributed by atoms with Crippen molar-refractivity contribution in [2.45, 2.75) is 31.8 Å². The Kier molecular flexibility index (Phi) is 4.48. The second-order valence-corrected chi connectivity index (χ2v) is 6.80. The van der Waals surface area contributed by atoms with Crippen molar-refractivity contribution < 1.29 is 19.1 Å². The van der Waals surface area contributed by atoms with Gasteiger partial charge in [0.15, 0.2) is 11.5 Å². The number of rotatable bonds is 3. The second kappa shape index (κ2) is 6.92. The van der Waals surface area contributed by atoms with Crippen molar-refractivity contribution in [3.05, 3.63) is 23.8 Å². The van der Waals surface area contributed by atoms with Crippen molar-refractivity contribution in [3.8, 4) is 11.5 Å². The van der Waals surface area contributed by atoms with Crippen LogP contribution >= 0.6 is 0 Å². The lowest BCUT2D eigenvalue weighted by Crippen LogP contribution is -2.45. The summed E-state index contributed by atoms with van der Waals surface area (Å²) in [5.41, 5.74) is 1.19. The lowest BCUT2D eigenvalue weighted by Gasteiger charge is -2.24. The Morgan fingerprint density at radius 1 is 1.16 bits per heavy atom. The molecule has 25 heavy (non-hydrogen) atoms. The molecule has 3 heterocycles. The number of nitrogens with one attached hydrogen (secondary N) is 1. The fourth-order valence-corrected chi connectivity index (χ4v) is 3.67. The maximum atomic E-state index is 12.6. The molecule has 4 rings (SSSR count). The largest absolute Gasteiger partial charge is 0.454 e. The molecule has 0 spiro atoms. The summed E-state index contributed by atoms with van der Waals surface area (Å²) in [7, 11) is 0. The van der Waals surface area contributed by atoms with Gasteiger partial charge in [0, 0.05) is 39.1 Å². The van der Waals surface area contributed by atoms with Crippen molar-refractivity contribution in [1.29, 1.82) is 0 Å². The quantitative estimate of drug-likeness (QED) is 0.874. The zero-order chi connectivity index (χ0) is 17.2. The predicted octanol–water partition coefficient (Wildman–Crippen LogP) is 0.728. The zero-order valence-electron chi connectivity index (χ0n) is 14.2. The lowest BCUT2D eigenvalue weighted by atomic mass is 10.2. The average Bonchev–Trinajstić information content (AvgIpc) is 3.18. The molecule has 0 bridgehead atoms. The van der Waals surface area contributed by atoms with Crippen LogP contribution in [0.25, 0.3) is 0 Å². The highest BCUT2D eigenvalue weighted by atomic mass is 16.7. The maximum absolute atomic E-state index is 12.6. The molecule has 7 heteroatoms. The molecule has 0 radical (unpaired) electrons. The molecule has 1 N–H and O–H groups in total. The van der Waals surface area contributed by atoms with E-state index in [1.54, 1.807) is 0 Å². The van der Waals surface area contributed by atoms with Gasteiger partial charge >= 0.3 is 0 Å². The monoisotopic (exact) mass is 345 g/mol. The summed E-state index contributed by atoms with van der Waals surface area (Å²) < 4.78 is 10.8. The van der Waals surface area contributed by atoms with Gasteiger partial charge in [0.1, 0.15) is 6.04 Å². The van der Waals surface area contributed by atoms with Gasteiger partial charge in [0.2, 0.25) is 18.6 Å². The first-order valence-corrected chi connectivity index (χ1v) is 8.88.